The molecule has 0 aliphatic carbocycles. The SMILES string of the molecule is COc1cc2nc(N3CCN(S(=O)(=O)c4ccc5ccccc5c4)CC3)nc(N)c2cc1OC. The van der Waals surface area contributed by atoms with E-state index < -0.39 is 10.0 Å². The molecule has 1 aliphatic heterocycles. The van der Waals surface area contributed by atoms with E-state index >= 15 is 0 Å². The minimum absolute atomic E-state index is 0.298. The van der Waals surface area contributed by atoms with Crippen LogP contribution in [0.5, 0.6) is 11.5 Å². The summed E-state index contributed by atoms with van der Waals surface area (Å²) in [6, 6.07) is 16.5. The normalized spacial score (nSPS) is 15.1. The van der Waals surface area contributed by atoms with Crippen molar-refractivity contribution in [3.05, 3.63) is 54.6 Å². The van der Waals surface area contributed by atoms with Gasteiger partial charge in [0.05, 0.1) is 24.6 Å². The molecule has 0 radical (unpaired) electrons. The topological polar surface area (TPSA) is 111 Å². The Kier molecular flexibility index (Phi) is 5.62. The molecule has 0 unspecified atom stereocenters. The predicted octanol–water partition coefficient (Wildman–Crippen LogP) is 2.89. The maximum atomic E-state index is 13.3. The largest absolute Gasteiger partial charge is 0.493 e. The Morgan fingerprint density at radius 3 is 2.24 bits per heavy atom. The molecule has 2 N–H and O–H groups in total. The molecule has 34 heavy (non-hydrogen) atoms. The molecule has 9 nitrogen and oxygen atoms in total. The minimum atomic E-state index is -3.61. The molecule has 3 aromatic carbocycles. The first-order valence-electron chi connectivity index (χ1n) is 10.8. The van der Waals surface area contributed by atoms with Crippen LogP contribution < -0.4 is 20.1 Å². The van der Waals surface area contributed by atoms with E-state index in [1.54, 1.807) is 38.5 Å². The van der Waals surface area contributed by atoms with E-state index in [1.165, 1.54) is 4.31 Å². The van der Waals surface area contributed by atoms with Crippen molar-refractivity contribution >= 4 is 43.5 Å². The number of nitrogens with zero attached hydrogens (tertiary/aromatic N) is 4. The third-order valence-electron chi connectivity index (χ3n) is 6.10. The number of piperazine rings is 1. The van der Waals surface area contributed by atoms with E-state index in [-0.39, 0.29) is 0 Å². The van der Waals surface area contributed by atoms with E-state index in [4.69, 9.17) is 15.2 Å². The molecule has 5 rings (SSSR count). The maximum Gasteiger partial charge on any atom is 0.243 e. The molecular weight excluding hydrogens is 454 g/mol. The highest BCUT2D eigenvalue weighted by Gasteiger charge is 2.30. The van der Waals surface area contributed by atoms with Gasteiger partial charge in [0.15, 0.2) is 11.5 Å². The van der Waals surface area contributed by atoms with Gasteiger partial charge in [0.25, 0.3) is 0 Å². The number of nitrogens with two attached hydrogens (primary N) is 1. The molecule has 1 aliphatic rings. The van der Waals surface area contributed by atoms with Gasteiger partial charge in [-0.2, -0.15) is 9.29 Å². The number of hydrogen-bond acceptors (Lipinski definition) is 8. The number of hydrogen-bond donors (Lipinski definition) is 1. The van der Waals surface area contributed by atoms with Gasteiger partial charge in [-0.3, -0.25) is 0 Å². The van der Waals surface area contributed by atoms with Gasteiger partial charge in [-0.1, -0.05) is 30.3 Å². The number of anilines is 2. The molecule has 1 aromatic heterocycles. The number of ether oxygens (including phenoxy) is 2. The second kappa shape index (κ2) is 8.62. The fourth-order valence-electron chi connectivity index (χ4n) is 4.21. The standard InChI is InChI=1S/C24H25N5O4S/c1-32-21-14-19-20(15-22(21)33-2)26-24(27-23(19)25)28-9-11-29(12-10-28)34(30,31)18-8-7-16-5-3-4-6-17(16)13-18/h3-8,13-15H,9-12H2,1-2H3,(H2,25,26,27). The summed E-state index contributed by atoms with van der Waals surface area (Å²) >= 11 is 0. The molecule has 0 amide bonds. The summed E-state index contributed by atoms with van der Waals surface area (Å²) in [5, 5.41) is 2.57. The van der Waals surface area contributed by atoms with Gasteiger partial charge in [0.2, 0.25) is 16.0 Å². The van der Waals surface area contributed by atoms with Crippen LogP contribution in [0.4, 0.5) is 11.8 Å². The summed E-state index contributed by atoms with van der Waals surface area (Å²) in [5.41, 5.74) is 6.85. The van der Waals surface area contributed by atoms with Crippen molar-refractivity contribution in [1.82, 2.24) is 14.3 Å². The summed E-state index contributed by atoms with van der Waals surface area (Å²) in [6.45, 7) is 1.54. The number of aromatic nitrogens is 2. The average Bonchev–Trinajstić information content (AvgIpc) is 2.87. The molecule has 2 heterocycles. The second-order valence-electron chi connectivity index (χ2n) is 8.03. The van der Waals surface area contributed by atoms with E-state index in [0.717, 1.165) is 10.8 Å². The van der Waals surface area contributed by atoms with Crippen LogP contribution in [0.1, 0.15) is 0 Å². The second-order valence-corrected chi connectivity index (χ2v) is 9.97. The van der Waals surface area contributed by atoms with Gasteiger partial charge in [0, 0.05) is 37.6 Å². The summed E-state index contributed by atoms with van der Waals surface area (Å²) in [6.07, 6.45) is 0. The Balaban J connectivity index is 1.38. The lowest BCUT2D eigenvalue weighted by Gasteiger charge is -2.34. The molecule has 0 spiro atoms. The Labute approximate surface area is 197 Å². The van der Waals surface area contributed by atoms with Crippen molar-refractivity contribution in [1.29, 1.82) is 0 Å². The third kappa shape index (κ3) is 3.84. The number of sulfonamides is 1. The lowest BCUT2D eigenvalue weighted by atomic mass is 10.1. The van der Waals surface area contributed by atoms with E-state index in [0.29, 0.717) is 65.2 Å². The van der Waals surface area contributed by atoms with Crippen molar-refractivity contribution < 1.29 is 17.9 Å². The lowest BCUT2D eigenvalue weighted by Crippen LogP contribution is -2.49. The number of benzene rings is 3. The van der Waals surface area contributed by atoms with Crippen LogP contribution in [0.15, 0.2) is 59.5 Å². The van der Waals surface area contributed by atoms with Crippen LogP contribution in [0, 0.1) is 0 Å². The quantitative estimate of drug-likeness (QED) is 0.465. The number of fused-ring (bicyclic) bond motifs is 2. The minimum Gasteiger partial charge on any atom is -0.493 e. The lowest BCUT2D eigenvalue weighted by molar-refractivity contribution is 0.356. The van der Waals surface area contributed by atoms with Gasteiger partial charge in [-0.15, -0.1) is 0 Å². The first-order chi connectivity index (χ1) is 16.4. The molecule has 1 saturated heterocycles. The van der Waals surface area contributed by atoms with Gasteiger partial charge in [-0.05, 0) is 29.0 Å². The first-order valence-corrected chi connectivity index (χ1v) is 12.3. The molecule has 0 bridgehead atoms. The Morgan fingerprint density at radius 2 is 1.53 bits per heavy atom. The smallest absolute Gasteiger partial charge is 0.243 e. The summed E-state index contributed by atoms with van der Waals surface area (Å²) in [7, 11) is -0.492. The van der Waals surface area contributed by atoms with Crippen LogP contribution >= 0.6 is 0 Å². The Bertz CT molecular complexity index is 1480. The van der Waals surface area contributed by atoms with Gasteiger partial charge in [0.1, 0.15) is 5.82 Å². The fraction of sp³-hybridized carbons (Fsp3) is 0.250. The first kappa shape index (κ1) is 22.2. The highest BCUT2D eigenvalue weighted by molar-refractivity contribution is 7.89. The molecule has 4 aromatic rings. The van der Waals surface area contributed by atoms with Crippen molar-refractivity contribution in [2.45, 2.75) is 4.90 Å². The maximum absolute atomic E-state index is 13.3. The van der Waals surface area contributed by atoms with Crippen molar-refractivity contribution in [3.8, 4) is 11.5 Å². The highest BCUT2D eigenvalue weighted by atomic mass is 32.2. The van der Waals surface area contributed by atoms with Crippen LogP contribution in [0.2, 0.25) is 0 Å². The van der Waals surface area contributed by atoms with E-state index in [2.05, 4.69) is 9.97 Å². The summed E-state index contributed by atoms with van der Waals surface area (Å²) in [4.78, 5) is 11.4. The molecule has 0 atom stereocenters. The monoisotopic (exact) mass is 479 g/mol. The Morgan fingerprint density at radius 1 is 0.853 bits per heavy atom. The van der Waals surface area contributed by atoms with E-state index in [1.807, 2.05) is 35.2 Å². The van der Waals surface area contributed by atoms with Crippen LogP contribution in [-0.4, -0.2) is 63.1 Å². The van der Waals surface area contributed by atoms with Crippen molar-refractivity contribution in [2.24, 2.45) is 0 Å². The molecular formula is C24H25N5O4S. The van der Waals surface area contributed by atoms with Crippen LogP contribution in [0.25, 0.3) is 21.7 Å². The third-order valence-corrected chi connectivity index (χ3v) is 7.99. The molecule has 10 heteroatoms. The zero-order valence-electron chi connectivity index (χ0n) is 18.9. The highest BCUT2D eigenvalue weighted by Crippen LogP contribution is 2.34. The number of methoxy groups -OCH3 is 2. The van der Waals surface area contributed by atoms with Crippen molar-refractivity contribution in [2.75, 3.05) is 51.0 Å². The van der Waals surface area contributed by atoms with Crippen molar-refractivity contribution in [3.63, 3.8) is 0 Å². The number of nitrogen functional groups attached to an aromatic ring is 1. The predicted molar refractivity (Wildman–Crippen MR) is 132 cm³/mol. The number of rotatable bonds is 5. The summed E-state index contributed by atoms with van der Waals surface area (Å²) in [5.74, 6) is 1.88. The zero-order valence-corrected chi connectivity index (χ0v) is 19.7. The van der Waals surface area contributed by atoms with Crippen LogP contribution in [-0.2, 0) is 10.0 Å². The average molecular weight is 480 g/mol. The molecule has 0 saturated carbocycles. The van der Waals surface area contributed by atoms with Gasteiger partial charge in [-0.25, -0.2) is 13.4 Å². The zero-order chi connectivity index (χ0) is 23.9. The van der Waals surface area contributed by atoms with Gasteiger partial charge < -0.3 is 20.1 Å². The fourth-order valence-corrected chi connectivity index (χ4v) is 5.67. The molecule has 176 valence electrons. The Hall–Kier alpha value is -3.63. The van der Waals surface area contributed by atoms with E-state index in [9.17, 15) is 8.42 Å². The van der Waals surface area contributed by atoms with Gasteiger partial charge >= 0.3 is 0 Å². The van der Waals surface area contributed by atoms with Crippen LogP contribution in [0.3, 0.4) is 0 Å². The summed E-state index contributed by atoms with van der Waals surface area (Å²) < 4.78 is 38.8. The molecule has 1 fully saturated rings.